The largest absolute Gasteiger partial charge is 0.388 e. The number of nitrogens with zero attached hydrogens (tertiary/aromatic N) is 14. The summed E-state index contributed by atoms with van der Waals surface area (Å²) in [7, 11) is 1.54. The standard InChI is InChI=1S/C27H23N17O4/c1-11-14(6-28)25(43-22(29)20(12(2)40-43)35-38-24-15(7-32-37-24)17(47)9-45)34-27(19(11)31-4)44-23(30)21(13(3)41-44)36-39-26-16(18(48)10-46)8-33-42(26)5/h7-9,46H,10,29-30H2,1-3,5H3,(H,32,37). The van der Waals surface area contributed by atoms with E-state index < -0.39 is 18.2 Å². The van der Waals surface area contributed by atoms with Gasteiger partial charge in [-0.2, -0.15) is 30.3 Å². The van der Waals surface area contributed by atoms with Crippen LogP contribution in [0.4, 0.5) is 40.3 Å². The first-order valence-corrected chi connectivity index (χ1v) is 13.5. The lowest BCUT2D eigenvalue weighted by molar-refractivity contribution is -0.104. The summed E-state index contributed by atoms with van der Waals surface area (Å²) in [6.45, 7) is 11.8. The first-order valence-electron chi connectivity index (χ1n) is 13.5. The Morgan fingerprint density at radius 1 is 1.04 bits per heavy atom. The van der Waals surface area contributed by atoms with Crippen molar-refractivity contribution in [3.05, 3.63) is 57.5 Å². The minimum atomic E-state index is -0.861. The number of carbonyl (C=O) groups excluding carboxylic acids is 3. The Morgan fingerprint density at radius 3 is 2.25 bits per heavy atom. The van der Waals surface area contributed by atoms with Gasteiger partial charge in [0.05, 0.1) is 47.0 Å². The van der Waals surface area contributed by atoms with Crippen LogP contribution in [0.25, 0.3) is 16.5 Å². The number of pyridine rings is 1. The number of Topliss-reactive ketones (excluding diaryl/α,β-unsaturated/α-hetero) is 2. The molecule has 48 heavy (non-hydrogen) atoms. The quantitative estimate of drug-likeness (QED) is 0.0558. The van der Waals surface area contributed by atoms with E-state index >= 15 is 0 Å². The van der Waals surface area contributed by atoms with Gasteiger partial charge in [0.25, 0.3) is 0 Å². The number of anilines is 2. The van der Waals surface area contributed by atoms with Gasteiger partial charge >= 0.3 is 0 Å². The van der Waals surface area contributed by atoms with E-state index in [0.717, 1.165) is 15.6 Å². The fraction of sp³-hybridized carbons (Fsp3) is 0.185. The molecule has 0 saturated carbocycles. The maximum atomic E-state index is 12.1. The first kappa shape index (κ1) is 32.1. The van der Waals surface area contributed by atoms with Crippen LogP contribution in [0.5, 0.6) is 0 Å². The van der Waals surface area contributed by atoms with E-state index in [4.69, 9.17) is 18.0 Å². The second kappa shape index (κ2) is 12.6. The Hall–Kier alpha value is -7.26. The molecule has 0 saturated heterocycles. The molecule has 240 valence electrons. The lowest BCUT2D eigenvalue weighted by Crippen LogP contribution is -2.12. The molecule has 0 aromatic carbocycles. The van der Waals surface area contributed by atoms with E-state index in [9.17, 15) is 24.8 Å². The van der Waals surface area contributed by atoms with Crippen LogP contribution < -0.4 is 11.5 Å². The fourth-order valence-corrected chi connectivity index (χ4v) is 4.50. The number of aromatic amines is 1. The molecule has 5 heterocycles. The van der Waals surface area contributed by atoms with Gasteiger partial charge in [0, 0.05) is 7.05 Å². The zero-order chi connectivity index (χ0) is 34.9. The number of nitrogens with one attached hydrogen (secondary N) is 1. The number of aldehydes is 1. The van der Waals surface area contributed by atoms with Crippen molar-refractivity contribution >= 4 is 58.2 Å². The number of azo groups is 2. The smallest absolute Gasteiger partial charge is 0.235 e. The zero-order valence-corrected chi connectivity index (χ0v) is 25.5. The summed E-state index contributed by atoms with van der Waals surface area (Å²) in [5.74, 6) is -1.86. The number of carbonyl (C=O) groups is 3. The van der Waals surface area contributed by atoms with Crippen LogP contribution in [-0.4, -0.2) is 74.1 Å². The third-order valence-corrected chi connectivity index (χ3v) is 6.97. The van der Waals surface area contributed by atoms with Crippen LogP contribution >= 0.6 is 0 Å². The predicted octanol–water partition coefficient (Wildman–Crippen LogP) is 2.81. The van der Waals surface area contributed by atoms with Gasteiger partial charge in [-0.3, -0.25) is 19.5 Å². The maximum absolute atomic E-state index is 12.1. The van der Waals surface area contributed by atoms with Gasteiger partial charge in [-0.15, -0.1) is 20.5 Å². The zero-order valence-electron chi connectivity index (χ0n) is 25.5. The predicted molar refractivity (Wildman–Crippen MR) is 164 cm³/mol. The summed E-state index contributed by atoms with van der Waals surface area (Å²) in [5, 5.41) is 54.7. The highest BCUT2D eigenvalue weighted by molar-refractivity contribution is 6.34. The maximum Gasteiger partial charge on any atom is 0.235 e. The molecule has 0 radical (unpaired) electrons. The molecule has 0 fully saturated rings. The second-order valence-corrected chi connectivity index (χ2v) is 9.89. The third-order valence-electron chi connectivity index (χ3n) is 6.97. The fourth-order valence-electron chi connectivity index (χ4n) is 4.50. The number of rotatable bonds is 10. The summed E-state index contributed by atoms with van der Waals surface area (Å²) in [6.07, 6.45) is 2.49. The number of hydrogen-bond donors (Lipinski definition) is 4. The Bertz CT molecular complexity index is 2290. The SMILES string of the molecule is [C-]#[N+]c1c(-n2nc(C)c(N=Nc3c(C(=O)CO)cnn3C)c2N)nc(-n2nc(C)c(N=Nc3[nH]ncc3C(=O)C=O)c2N)c(C#N)c1C. The number of nitrogens with two attached hydrogens (primary N) is 2. The molecule has 6 N–H and O–H groups in total. The number of aliphatic hydroxyl groups excluding tert-OH is 1. The van der Waals surface area contributed by atoms with E-state index in [1.807, 2.05) is 6.07 Å². The van der Waals surface area contributed by atoms with Gasteiger partial charge in [0.1, 0.15) is 12.7 Å². The van der Waals surface area contributed by atoms with Gasteiger partial charge in [-0.1, -0.05) is 0 Å². The molecule has 21 nitrogen and oxygen atoms in total. The van der Waals surface area contributed by atoms with E-state index in [0.29, 0.717) is 0 Å². The highest BCUT2D eigenvalue weighted by atomic mass is 16.3. The normalized spacial score (nSPS) is 11.3. The number of aliphatic hydroxyl groups is 1. The highest BCUT2D eigenvalue weighted by Crippen LogP contribution is 2.38. The van der Waals surface area contributed by atoms with E-state index in [2.05, 4.69) is 55.8 Å². The topological polar surface area (TPSA) is 296 Å². The summed E-state index contributed by atoms with van der Waals surface area (Å²) in [6, 6.07) is 2.04. The average Bonchev–Trinajstić information content (AvgIpc) is 3.83. The van der Waals surface area contributed by atoms with Crippen molar-refractivity contribution in [3.63, 3.8) is 0 Å². The van der Waals surface area contributed by atoms with Gasteiger partial charge in [0.15, 0.2) is 58.4 Å². The lowest BCUT2D eigenvalue weighted by atomic mass is 10.1. The number of H-pyrrole nitrogens is 1. The molecule has 0 aliphatic rings. The van der Waals surface area contributed by atoms with Crippen molar-refractivity contribution in [2.45, 2.75) is 20.8 Å². The molecule has 0 unspecified atom stereocenters. The lowest BCUT2D eigenvalue weighted by Gasteiger charge is -2.14. The molecule has 0 atom stereocenters. The Kier molecular flexibility index (Phi) is 8.45. The van der Waals surface area contributed by atoms with Crippen molar-refractivity contribution in [3.8, 4) is 17.7 Å². The molecule has 0 bridgehead atoms. The molecule has 0 amide bonds. The molecule has 0 aliphatic heterocycles. The number of nitriles is 1. The minimum absolute atomic E-state index is 0.0329. The number of aromatic nitrogens is 9. The number of ketones is 2. The van der Waals surface area contributed by atoms with Gasteiger partial charge in [0.2, 0.25) is 11.5 Å². The van der Waals surface area contributed by atoms with Gasteiger partial charge < -0.3 is 16.6 Å². The van der Waals surface area contributed by atoms with Crippen molar-refractivity contribution < 1.29 is 19.5 Å². The average molecular weight is 650 g/mol. The molecule has 5 rings (SSSR count). The van der Waals surface area contributed by atoms with E-state index in [1.54, 1.807) is 13.8 Å². The Morgan fingerprint density at radius 2 is 1.67 bits per heavy atom. The van der Waals surface area contributed by atoms with Crippen LogP contribution in [0, 0.1) is 38.7 Å². The van der Waals surface area contributed by atoms with Crippen LogP contribution in [0.1, 0.15) is 43.2 Å². The molecular weight excluding hydrogens is 626 g/mol. The molecule has 21 heteroatoms. The van der Waals surface area contributed by atoms with Crippen molar-refractivity contribution in [2.24, 2.45) is 27.5 Å². The van der Waals surface area contributed by atoms with Crippen molar-refractivity contribution in [1.82, 2.24) is 44.5 Å². The summed E-state index contributed by atoms with van der Waals surface area (Å²) in [5.41, 5.74) is 13.6. The second-order valence-electron chi connectivity index (χ2n) is 9.89. The van der Waals surface area contributed by atoms with Crippen LogP contribution in [0.3, 0.4) is 0 Å². The molecular formula is C27H23N17O4. The molecule has 0 spiro atoms. The van der Waals surface area contributed by atoms with Crippen LogP contribution in [-0.2, 0) is 11.8 Å². The first-order chi connectivity index (χ1) is 23.0. The van der Waals surface area contributed by atoms with Gasteiger partial charge in [-0.25, -0.2) is 19.2 Å². The van der Waals surface area contributed by atoms with Crippen molar-refractivity contribution in [2.75, 3.05) is 18.1 Å². The highest BCUT2D eigenvalue weighted by Gasteiger charge is 2.26. The summed E-state index contributed by atoms with van der Waals surface area (Å²) < 4.78 is 3.57. The number of nitrogen functional groups attached to an aromatic ring is 2. The Balaban J connectivity index is 1.63. The van der Waals surface area contributed by atoms with Crippen molar-refractivity contribution in [1.29, 1.82) is 5.26 Å². The van der Waals surface area contributed by atoms with Crippen LogP contribution in [0.15, 0.2) is 32.9 Å². The van der Waals surface area contributed by atoms with E-state index in [-0.39, 0.29) is 91.9 Å². The summed E-state index contributed by atoms with van der Waals surface area (Å²) in [4.78, 5) is 43.0. The van der Waals surface area contributed by atoms with Gasteiger partial charge in [-0.05, 0) is 26.3 Å². The molecule has 5 aromatic heterocycles. The third kappa shape index (κ3) is 5.33. The summed E-state index contributed by atoms with van der Waals surface area (Å²) >= 11 is 0. The van der Waals surface area contributed by atoms with E-state index in [1.165, 1.54) is 24.9 Å². The Labute approximate surface area is 269 Å². The minimum Gasteiger partial charge on any atom is -0.388 e. The van der Waals surface area contributed by atoms with Crippen LogP contribution in [0.2, 0.25) is 0 Å². The molecule has 0 aliphatic carbocycles. The number of hydrogen-bond acceptors (Lipinski definition) is 16. The number of aryl methyl sites for hydroxylation is 3. The monoisotopic (exact) mass is 649 g/mol. The molecule has 5 aromatic rings.